The van der Waals surface area contributed by atoms with Crippen LogP contribution in [0.5, 0.6) is 0 Å². The molecule has 0 aliphatic carbocycles. The average molecular weight is 289 g/mol. The highest BCUT2D eigenvalue weighted by atomic mass is 32.2. The number of carboxylic acids is 1. The number of thioether (sulfide) groups is 1. The van der Waals surface area contributed by atoms with E-state index < -0.39 is 5.97 Å². The van der Waals surface area contributed by atoms with Crippen molar-refractivity contribution in [1.29, 1.82) is 0 Å². The summed E-state index contributed by atoms with van der Waals surface area (Å²) in [6, 6.07) is 0. The molecule has 0 bridgehead atoms. The summed E-state index contributed by atoms with van der Waals surface area (Å²) < 4.78 is 6.27. The SMILES string of the molecule is O=C(O)CSc1nnc(NCC2CCCCO2)s1. The number of ether oxygens (including phenoxy) is 1. The van der Waals surface area contributed by atoms with E-state index in [1.165, 1.54) is 29.5 Å². The van der Waals surface area contributed by atoms with Crippen LogP contribution in [0, 0.1) is 0 Å². The minimum Gasteiger partial charge on any atom is -0.481 e. The third kappa shape index (κ3) is 4.43. The van der Waals surface area contributed by atoms with E-state index in [2.05, 4.69) is 15.5 Å². The molecular formula is C10H15N3O3S2. The van der Waals surface area contributed by atoms with Crippen molar-refractivity contribution in [3.63, 3.8) is 0 Å². The fourth-order valence-corrected chi connectivity index (χ4v) is 3.11. The van der Waals surface area contributed by atoms with Crippen LogP contribution in [0.4, 0.5) is 5.13 Å². The first-order chi connectivity index (χ1) is 8.74. The quantitative estimate of drug-likeness (QED) is 0.771. The van der Waals surface area contributed by atoms with Crippen molar-refractivity contribution in [3.8, 4) is 0 Å². The zero-order valence-electron chi connectivity index (χ0n) is 9.79. The lowest BCUT2D eigenvalue weighted by Crippen LogP contribution is -2.26. The van der Waals surface area contributed by atoms with Gasteiger partial charge in [-0.25, -0.2) is 0 Å². The Balaban J connectivity index is 1.73. The normalized spacial score (nSPS) is 19.7. The summed E-state index contributed by atoms with van der Waals surface area (Å²) in [6.45, 7) is 1.57. The molecule has 2 N–H and O–H groups in total. The minimum atomic E-state index is -0.847. The van der Waals surface area contributed by atoms with Crippen LogP contribution in [0.3, 0.4) is 0 Å². The van der Waals surface area contributed by atoms with E-state index in [0.29, 0.717) is 4.34 Å². The minimum absolute atomic E-state index is 0.0143. The summed E-state index contributed by atoms with van der Waals surface area (Å²) in [4.78, 5) is 10.4. The number of hydrogen-bond donors (Lipinski definition) is 2. The zero-order valence-corrected chi connectivity index (χ0v) is 11.4. The average Bonchev–Trinajstić information content (AvgIpc) is 2.83. The first-order valence-electron chi connectivity index (χ1n) is 5.77. The van der Waals surface area contributed by atoms with E-state index in [0.717, 1.165) is 31.1 Å². The van der Waals surface area contributed by atoms with Gasteiger partial charge in [0.05, 0.1) is 11.9 Å². The third-order valence-corrected chi connectivity index (χ3v) is 4.48. The van der Waals surface area contributed by atoms with Crippen LogP contribution in [0.25, 0.3) is 0 Å². The standard InChI is InChI=1S/C10H15N3O3S2/c14-8(15)6-17-10-13-12-9(18-10)11-5-7-3-1-2-4-16-7/h7H,1-6H2,(H,11,12)(H,14,15). The number of aromatic nitrogens is 2. The van der Waals surface area contributed by atoms with E-state index in [9.17, 15) is 4.79 Å². The van der Waals surface area contributed by atoms with Crippen molar-refractivity contribution in [1.82, 2.24) is 10.2 Å². The molecular weight excluding hydrogens is 274 g/mol. The molecule has 0 spiro atoms. The topological polar surface area (TPSA) is 84.3 Å². The molecule has 1 aromatic heterocycles. The molecule has 100 valence electrons. The van der Waals surface area contributed by atoms with Crippen molar-refractivity contribution < 1.29 is 14.6 Å². The molecule has 2 heterocycles. The molecule has 1 aliphatic heterocycles. The van der Waals surface area contributed by atoms with Gasteiger partial charge in [-0.1, -0.05) is 23.1 Å². The molecule has 8 heteroatoms. The van der Waals surface area contributed by atoms with E-state index in [-0.39, 0.29) is 11.9 Å². The molecule has 1 aliphatic rings. The van der Waals surface area contributed by atoms with Gasteiger partial charge < -0.3 is 15.2 Å². The number of nitrogens with zero attached hydrogens (tertiary/aromatic N) is 2. The molecule has 1 unspecified atom stereocenters. The van der Waals surface area contributed by atoms with Crippen LogP contribution in [0.15, 0.2) is 4.34 Å². The molecule has 1 saturated heterocycles. The predicted octanol–water partition coefficient (Wildman–Crippen LogP) is 1.70. The number of rotatable bonds is 6. The van der Waals surface area contributed by atoms with Crippen LogP contribution in [0.2, 0.25) is 0 Å². The second-order valence-electron chi connectivity index (χ2n) is 3.93. The van der Waals surface area contributed by atoms with Gasteiger partial charge in [0.1, 0.15) is 0 Å². The Morgan fingerprint density at radius 3 is 3.17 bits per heavy atom. The smallest absolute Gasteiger partial charge is 0.313 e. The predicted molar refractivity (Wildman–Crippen MR) is 70.3 cm³/mol. The Morgan fingerprint density at radius 1 is 1.56 bits per heavy atom. The molecule has 18 heavy (non-hydrogen) atoms. The summed E-state index contributed by atoms with van der Waals surface area (Å²) in [7, 11) is 0. The Morgan fingerprint density at radius 2 is 2.44 bits per heavy atom. The molecule has 0 aromatic carbocycles. The molecule has 1 atom stereocenters. The van der Waals surface area contributed by atoms with E-state index in [4.69, 9.17) is 9.84 Å². The fraction of sp³-hybridized carbons (Fsp3) is 0.700. The lowest BCUT2D eigenvalue weighted by atomic mass is 10.1. The van der Waals surface area contributed by atoms with Crippen molar-refractivity contribution in [3.05, 3.63) is 0 Å². The number of carbonyl (C=O) groups is 1. The van der Waals surface area contributed by atoms with Gasteiger partial charge in [0.2, 0.25) is 5.13 Å². The van der Waals surface area contributed by atoms with Crippen LogP contribution in [-0.4, -0.2) is 46.3 Å². The van der Waals surface area contributed by atoms with Crippen LogP contribution in [0.1, 0.15) is 19.3 Å². The highest BCUT2D eigenvalue weighted by Gasteiger charge is 2.14. The van der Waals surface area contributed by atoms with Crippen molar-refractivity contribution >= 4 is 34.2 Å². The summed E-state index contributed by atoms with van der Waals surface area (Å²) in [5, 5.41) is 20.3. The maximum atomic E-state index is 10.4. The maximum absolute atomic E-state index is 10.4. The van der Waals surface area contributed by atoms with E-state index in [1.807, 2.05) is 0 Å². The number of anilines is 1. The van der Waals surface area contributed by atoms with Gasteiger partial charge in [-0.3, -0.25) is 4.79 Å². The first-order valence-corrected chi connectivity index (χ1v) is 7.58. The Hall–Kier alpha value is -0.860. The lowest BCUT2D eigenvalue weighted by Gasteiger charge is -2.22. The van der Waals surface area contributed by atoms with Gasteiger partial charge in [0.15, 0.2) is 4.34 Å². The van der Waals surface area contributed by atoms with Crippen molar-refractivity contribution in [2.45, 2.75) is 29.7 Å². The summed E-state index contributed by atoms with van der Waals surface area (Å²) >= 11 is 2.56. The Bertz CT molecular complexity index is 393. The largest absolute Gasteiger partial charge is 0.481 e. The van der Waals surface area contributed by atoms with Crippen LogP contribution in [-0.2, 0) is 9.53 Å². The van der Waals surface area contributed by atoms with Crippen molar-refractivity contribution in [2.24, 2.45) is 0 Å². The van der Waals surface area contributed by atoms with Gasteiger partial charge in [-0.2, -0.15) is 0 Å². The molecule has 2 rings (SSSR count). The van der Waals surface area contributed by atoms with Gasteiger partial charge in [0, 0.05) is 13.2 Å². The zero-order chi connectivity index (χ0) is 12.8. The molecule has 1 fully saturated rings. The monoisotopic (exact) mass is 289 g/mol. The second-order valence-corrected chi connectivity index (χ2v) is 6.13. The highest BCUT2D eigenvalue weighted by Crippen LogP contribution is 2.25. The molecule has 0 radical (unpaired) electrons. The van der Waals surface area contributed by atoms with Gasteiger partial charge in [-0.05, 0) is 19.3 Å². The van der Waals surface area contributed by atoms with Crippen molar-refractivity contribution in [2.75, 3.05) is 24.2 Å². The fourth-order valence-electron chi connectivity index (χ4n) is 1.63. The number of nitrogens with one attached hydrogen (secondary N) is 1. The molecule has 0 amide bonds. The van der Waals surface area contributed by atoms with Gasteiger partial charge >= 0.3 is 5.97 Å². The lowest BCUT2D eigenvalue weighted by molar-refractivity contribution is -0.133. The van der Waals surface area contributed by atoms with Gasteiger partial charge in [0.25, 0.3) is 0 Å². The highest BCUT2D eigenvalue weighted by molar-refractivity contribution is 8.01. The maximum Gasteiger partial charge on any atom is 0.313 e. The number of carboxylic acid groups (broad SMARTS) is 1. The molecule has 1 aromatic rings. The third-order valence-electron chi connectivity index (χ3n) is 2.48. The Kier molecular flexibility index (Phi) is 5.21. The number of aliphatic carboxylic acids is 1. The summed E-state index contributed by atoms with van der Waals surface area (Å²) in [6.07, 6.45) is 3.68. The second kappa shape index (κ2) is 6.91. The van der Waals surface area contributed by atoms with Crippen LogP contribution >= 0.6 is 23.1 Å². The summed E-state index contributed by atoms with van der Waals surface area (Å²) in [5.74, 6) is -0.833. The first kappa shape index (κ1) is 13.6. The molecule has 6 nitrogen and oxygen atoms in total. The van der Waals surface area contributed by atoms with E-state index >= 15 is 0 Å². The van der Waals surface area contributed by atoms with E-state index in [1.54, 1.807) is 0 Å². The van der Waals surface area contributed by atoms with Crippen LogP contribution < -0.4 is 5.32 Å². The molecule has 0 saturated carbocycles. The number of hydrogen-bond acceptors (Lipinski definition) is 7. The summed E-state index contributed by atoms with van der Waals surface area (Å²) in [5.41, 5.74) is 0. The van der Waals surface area contributed by atoms with Gasteiger partial charge in [-0.15, -0.1) is 10.2 Å². The Labute approximate surface area is 113 Å².